The molecule has 0 aromatic heterocycles. The second-order valence-electron chi connectivity index (χ2n) is 4.69. The molecule has 0 amide bonds. The van der Waals surface area contributed by atoms with Crippen molar-refractivity contribution in [2.75, 3.05) is 13.7 Å². The largest absolute Gasteiger partial charge is 0.462 e. The first kappa shape index (κ1) is 15.4. The summed E-state index contributed by atoms with van der Waals surface area (Å²) in [6.45, 7) is 10.1. The molecule has 4 heteroatoms. The van der Waals surface area contributed by atoms with E-state index in [1.54, 1.807) is 14.0 Å². The number of carbonyl (C=O) groups excluding carboxylic acids is 1. The Kier molecular flexibility index (Phi) is 7.33. The molecule has 0 aliphatic carbocycles. The molecule has 16 heavy (non-hydrogen) atoms. The van der Waals surface area contributed by atoms with Gasteiger partial charge in [-0.15, -0.1) is 0 Å². The van der Waals surface area contributed by atoms with Crippen LogP contribution in [0, 0.1) is 0 Å². The fraction of sp³-hybridized carbons (Fsp3) is 0.750. The number of carbonyl (C=O) groups is 1. The van der Waals surface area contributed by atoms with Crippen molar-refractivity contribution in [3.05, 3.63) is 12.2 Å². The van der Waals surface area contributed by atoms with Gasteiger partial charge >= 0.3 is 5.97 Å². The van der Waals surface area contributed by atoms with E-state index in [9.17, 15) is 4.79 Å². The molecule has 0 saturated carbocycles. The Morgan fingerprint density at radius 2 is 1.88 bits per heavy atom. The quantitative estimate of drug-likeness (QED) is 0.285. The fourth-order valence-corrected chi connectivity index (χ4v) is 2.53. The predicted octanol–water partition coefficient (Wildman–Crippen LogP) is 3.13. The molecule has 0 aliphatic rings. The molecule has 0 saturated heterocycles. The lowest BCUT2D eigenvalue weighted by atomic mass is 10.3. The molecule has 0 spiro atoms. The lowest BCUT2D eigenvalue weighted by Crippen LogP contribution is -2.27. The van der Waals surface area contributed by atoms with Gasteiger partial charge in [0.1, 0.15) is 0 Å². The summed E-state index contributed by atoms with van der Waals surface area (Å²) in [7, 11) is 0.393. The van der Waals surface area contributed by atoms with Crippen molar-refractivity contribution in [2.45, 2.75) is 45.3 Å². The van der Waals surface area contributed by atoms with E-state index in [1.807, 2.05) is 0 Å². The number of hydrogen-bond acceptors (Lipinski definition) is 3. The van der Waals surface area contributed by atoms with Crippen molar-refractivity contribution in [3.8, 4) is 0 Å². The van der Waals surface area contributed by atoms with E-state index in [0.29, 0.717) is 12.2 Å². The summed E-state index contributed by atoms with van der Waals surface area (Å²) in [5.74, 6) is -0.286. The highest BCUT2D eigenvalue weighted by Gasteiger charge is 2.19. The fourth-order valence-electron chi connectivity index (χ4n) is 1.22. The number of unbranched alkanes of at least 4 members (excludes halogenated alkanes) is 2. The zero-order valence-electron chi connectivity index (χ0n) is 11.0. The third kappa shape index (κ3) is 7.65. The summed E-state index contributed by atoms with van der Waals surface area (Å²) >= 11 is 0. The Morgan fingerprint density at radius 1 is 1.25 bits per heavy atom. The van der Waals surface area contributed by atoms with Crippen LogP contribution in [0.3, 0.4) is 0 Å². The van der Waals surface area contributed by atoms with Gasteiger partial charge < -0.3 is 9.16 Å². The average molecular weight is 244 g/mol. The van der Waals surface area contributed by atoms with Crippen LogP contribution in [-0.4, -0.2) is 28.0 Å². The third-order valence-electron chi connectivity index (χ3n) is 2.56. The van der Waals surface area contributed by atoms with Gasteiger partial charge in [0.15, 0.2) is 8.32 Å². The summed E-state index contributed by atoms with van der Waals surface area (Å²) in [5, 5.41) is 0. The molecule has 0 aliphatic heterocycles. The van der Waals surface area contributed by atoms with Crippen molar-refractivity contribution in [2.24, 2.45) is 0 Å². The smallest absolute Gasteiger partial charge is 0.333 e. The maximum absolute atomic E-state index is 11.0. The SMILES string of the molecule is C=C(C)C(=O)OCCCCC[Si](C)(C)OC. The van der Waals surface area contributed by atoms with Crippen molar-refractivity contribution in [1.82, 2.24) is 0 Å². The Morgan fingerprint density at radius 3 is 2.38 bits per heavy atom. The maximum atomic E-state index is 11.0. The minimum atomic E-state index is -1.40. The Hall–Kier alpha value is -0.613. The summed E-state index contributed by atoms with van der Waals surface area (Å²) in [6.07, 6.45) is 3.16. The molecule has 94 valence electrons. The summed E-state index contributed by atoms with van der Waals surface area (Å²) in [5.41, 5.74) is 0.466. The highest BCUT2D eigenvalue weighted by atomic mass is 28.4. The Labute approximate surface area is 100.0 Å². The van der Waals surface area contributed by atoms with Crippen LogP contribution in [0.2, 0.25) is 19.1 Å². The molecule has 0 unspecified atom stereocenters. The first-order valence-corrected chi connectivity index (χ1v) is 8.88. The number of ether oxygens (including phenoxy) is 1. The molecule has 0 heterocycles. The van der Waals surface area contributed by atoms with E-state index < -0.39 is 8.32 Å². The zero-order valence-corrected chi connectivity index (χ0v) is 12.0. The van der Waals surface area contributed by atoms with Crippen LogP contribution < -0.4 is 0 Å². The minimum Gasteiger partial charge on any atom is -0.462 e. The van der Waals surface area contributed by atoms with E-state index in [1.165, 1.54) is 0 Å². The maximum Gasteiger partial charge on any atom is 0.333 e. The normalized spacial score (nSPS) is 11.2. The van der Waals surface area contributed by atoms with Gasteiger partial charge in [0, 0.05) is 12.7 Å². The lowest BCUT2D eigenvalue weighted by Gasteiger charge is -2.19. The van der Waals surface area contributed by atoms with E-state index in [0.717, 1.165) is 25.3 Å². The van der Waals surface area contributed by atoms with Gasteiger partial charge in [-0.1, -0.05) is 19.4 Å². The molecule has 0 aromatic rings. The summed E-state index contributed by atoms with van der Waals surface area (Å²) < 4.78 is 10.5. The molecule has 0 aromatic carbocycles. The molecule has 0 bridgehead atoms. The zero-order chi connectivity index (χ0) is 12.6. The highest BCUT2D eigenvalue weighted by Crippen LogP contribution is 2.14. The van der Waals surface area contributed by atoms with Crippen LogP contribution in [0.15, 0.2) is 12.2 Å². The van der Waals surface area contributed by atoms with Gasteiger partial charge in [-0.2, -0.15) is 0 Å². The van der Waals surface area contributed by atoms with Gasteiger partial charge in [0.25, 0.3) is 0 Å². The second-order valence-corrected chi connectivity index (χ2v) is 9.12. The molecule has 0 atom stereocenters. The lowest BCUT2D eigenvalue weighted by molar-refractivity contribution is -0.139. The Balaban J connectivity index is 3.41. The van der Waals surface area contributed by atoms with Crippen LogP contribution in [0.25, 0.3) is 0 Å². The molecule has 3 nitrogen and oxygen atoms in total. The van der Waals surface area contributed by atoms with Crippen molar-refractivity contribution in [3.63, 3.8) is 0 Å². The standard InChI is InChI=1S/C12H24O3Si/c1-11(2)12(13)15-9-7-6-8-10-16(4,5)14-3/h1,6-10H2,2-5H3. The first-order valence-electron chi connectivity index (χ1n) is 5.77. The van der Waals surface area contributed by atoms with Crippen LogP contribution in [0.4, 0.5) is 0 Å². The topological polar surface area (TPSA) is 35.5 Å². The second kappa shape index (κ2) is 7.63. The van der Waals surface area contributed by atoms with Crippen LogP contribution >= 0.6 is 0 Å². The minimum absolute atomic E-state index is 0.286. The molecule has 0 radical (unpaired) electrons. The first-order chi connectivity index (χ1) is 7.39. The van der Waals surface area contributed by atoms with Gasteiger partial charge in [0.05, 0.1) is 6.61 Å². The monoisotopic (exact) mass is 244 g/mol. The van der Waals surface area contributed by atoms with Crippen molar-refractivity contribution in [1.29, 1.82) is 0 Å². The summed E-state index contributed by atoms with van der Waals surface area (Å²) in [4.78, 5) is 11.0. The molecule has 0 N–H and O–H groups in total. The molecule has 0 rings (SSSR count). The molecular weight excluding hydrogens is 220 g/mol. The predicted molar refractivity (Wildman–Crippen MR) is 68.9 cm³/mol. The van der Waals surface area contributed by atoms with Gasteiger partial charge in [-0.25, -0.2) is 4.79 Å². The van der Waals surface area contributed by atoms with Crippen LogP contribution in [-0.2, 0) is 14.0 Å². The van der Waals surface area contributed by atoms with Gasteiger partial charge in [-0.05, 0) is 32.5 Å². The Bertz CT molecular complexity index is 236. The van der Waals surface area contributed by atoms with Crippen LogP contribution in [0.5, 0.6) is 0 Å². The number of esters is 1. The van der Waals surface area contributed by atoms with E-state index in [-0.39, 0.29) is 5.97 Å². The van der Waals surface area contributed by atoms with Crippen molar-refractivity contribution < 1.29 is 14.0 Å². The number of rotatable bonds is 8. The van der Waals surface area contributed by atoms with E-state index >= 15 is 0 Å². The van der Waals surface area contributed by atoms with E-state index in [4.69, 9.17) is 9.16 Å². The summed E-state index contributed by atoms with van der Waals surface area (Å²) in [6, 6.07) is 1.16. The van der Waals surface area contributed by atoms with Gasteiger partial charge in [-0.3, -0.25) is 0 Å². The highest BCUT2D eigenvalue weighted by molar-refractivity contribution is 6.71. The van der Waals surface area contributed by atoms with Crippen LogP contribution in [0.1, 0.15) is 26.2 Å². The number of hydrogen-bond donors (Lipinski definition) is 0. The van der Waals surface area contributed by atoms with E-state index in [2.05, 4.69) is 19.7 Å². The molecule has 0 fully saturated rings. The third-order valence-corrected chi connectivity index (χ3v) is 5.22. The van der Waals surface area contributed by atoms with Crippen molar-refractivity contribution >= 4 is 14.3 Å². The molecular formula is C12H24O3Si. The average Bonchev–Trinajstić information content (AvgIpc) is 2.22. The van der Waals surface area contributed by atoms with Gasteiger partial charge in [0.2, 0.25) is 0 Å².